The minimum absolute atomic E-state index is 0.0531. The highest BCUT2D eigenvalue weighted by atomic mass is 32.2. The highest BCUT2D eigenvalue weighted by molar-refractivity contribution is 7.99. The number of carbonyl (C=O) groups is 1. The summed E-state index contributed by atoms with van der Waals surface area (Å²) in [6.45, 7) is 0.0308. The number of hydrogen-bond acceptors (Lipinski definition) is 15. The molecule has 0 bridgehead atoms. The van der Waals surface area contributed by atoms with Crippen molar-refractivity contribution in [1.82, 2.24) is 24.8 Å². The summed E-state index contributed by atoms with van der Waals surface area (Å²) in [5.41, 5.74) is 8.28. The maximum absolute atomic E-state index is 12.6. The fourth-order valence-corrected chi connectivity index (χ4v) is 8.49. The van der Waals surface area contributed by atoms with Crippen LogP contribution in [0.1, 0.15) is 16.6 Å². The number of aromatic carboxylic acids is 1. The number of anilines is 2. The Morgan fingerprint density at radius 3 is 2.76 bits per heavy atom. The second-order valence-corrected chi connectivity index (χ2v) is 15.1. The molecular weight excluding hydrogens is 766 g/mol. The normalized spacial score (nSPS) is 22.4. The van der Waals surface area contributed by atoms with Crippen molar-refractivity contribution in [3.8, 4) is 28.2 Å². The molecule has 21 heteroatoms. The molecule has 0 spiro atoms. The standard InChI is InChI=1S/C33H28N7O11PS2/c34-28-25-29(37-13-36-28)40(30-26(43)27-23(50-30)12-48-52(46,47)51-27)33(39-25)54-8-7-35-32(53)38-14-1-4-17(20(9-14)31(44)45)24-18-5-2-15(41)10-21(18)49-22-11-16(42)3-6-19(22)24/h1-6,9-11,13,23,26-27,30,41,43H,7-8,12H2,(H,44,45)(H,46,47)(H2,34,36,37)(H2,35,38,53). The van der Waals surface area contributed by atoms with E-state index >= 15 is 0 Å². The van der Waals surface area contributed by atoms with Gasteiger partial charge in [0.25, 0.3) is 0 Å². The molecule has 2 saturated heterocycles. The molecule has 8 N–H and O–H groups in total. The number of phosphoric ester groups is 1. The van der Waals surface area contributed by atoms with E-state index in [1.54, 1.807) is 24.3 Å². The highest BCUT2D eigenvalue weighted by Crippen LogP contribution is 2.53. The van der Waals surface area contributed by atoms with Crippen molar-refractivity contribution < 1.29 is 47.8 Å². The van der Waals surface area contributed by atoms with Gasteiger partial charge in [0.05, 0.1) is 12.2 Å². The third kappa shape index (κ3) is 6.62. The Morgan fingerprint density at radius 1 is 1.13 bits per heavy atom. The summed E-state index contributed by atoms with van der Waals surface area (Å²) < 4.78 is 35.4. The third-order valence-corrected chi connectivity index (χ3v) is 11.0. The van der Waals surface area contributed by atoms with Crippen molar-refractivity contribution in [2.24, 2.45) is 0 Å². The molecule has 5 unspecified atom stereocenters. The molecule has 5 atom stereocenters. The molecule has 4 aliphatic rings. The van der Waals surface area contributed by atoms with Gasteiger partial charge in [0.1, 0.15) is 41.7 Å². The molecule has 0 radical (unpaired) electrons. The lowest BCUT2D eigenvalue weighted by Gasteiger charge is -2.27. The number of hydrogen-bond donors (Lipinski definition) is 7. The molecular formula is C33H28N7O11PS2. The monoisotopic (exact) mass is 793 g/mol. The van der Waals surface area contributed by atoms with Crippen LogP contribution in [0.4, 0.5) is 11.5 Å². The molecule has 2 aromatic heterocycles. The van der Waals surface area contributed by atoms with Crippen LogP contribution < -0.4 is 21.8 Å². The lowest BCUT2D eigenvalue weighted by atomic mass is 9.90. The van der Waals surface area contributed by atoms with Crippen LogP contribution in [0.25, 0.3) is 44.6 Å². The van der Waals surface area contributed by atoms with E-state index in [1.807, 2.05) is 0 Å². The van der Waals surface area contributed by atoms with Gasteiger partial charge in [-0.2, -0.15) is 0 Å². The Hall–Kier alpha value is -5.18. The average molecular weight is 794 g/mol. The van der Waals surface area contributed by atoms with Gasteiger partial charge in [-0.05, 0) is 54.2 Å². The molecule has 8 rings (SSSR count). The summed E-state index contributed by atoms with van der Waals surface area (Å²) >= 11 is 6.76. The smallest absolute Gasteiger partial charge is 0.472 e. The first kappa shape index (κ1) is 35.8. The lowest BCUT2D eigenvalue weighted by molar-refractivity contribution is -0.0684. The zero-order valence-corrected chi connectivity index (χ0v) is 30.0. The molecule has 2 aromatic carbocycles. The van der Waals surface area contributed by atoms with Gasteiger partial charge in [-0.25, -0.2) is 24.3 Å². The van der Waals surface area contributed by atoms with E-state index in [0.29, 0.717) is 45.2 Å². The maximum atomic E-state index is 12.6. The van der Waals surface area contributed by atoms with E-state index in [9.17, 15) is 34.4 Å². The van der Waals surface area contributed by atoms with Crippen molar-refractivity contribution in [3.05, 3.63) is 76.7 Å². The first-order chi connectivity index (χ1) is 25.9. The van der Waals surface area contributed by atoms with Gasteiger partial charge in [0.15, 0.2) is 38.9 Å². The highest BCUT2D eigenvalue weighted by Gasteiger charge is 2.53. The van der Waals surface area contributed by atoms with E-state index in [-0.39, 0.29) is 56.8 Å². The maximum Gasteiger partial charge on any atom is 0.472 e. The molecule has 2 fully saturated rings. The number of phenols is 1. The topological polar surface area (TPSA) is 267 Å². The molecule has 0 saturated carbocycles. The Bertz CT molecular complexity index is 2570. The predicted octanol–water partition coefficient (Wildman–Crippen LogP) is 3.54. The largest absolute Gasteiger partial charge is 0.508 e. The summed E-state index contributed by atoms with van der Waals surface area (Å²) in [5.74, 6) is -0.565. The number of aliphatic hydroxyl groups excluding tert-OH is 1. The van der Waals surface area contributed by atoms with Crippen molar-refractivity contribution in [2.75, 3.05) is 30.0 Å². The minimum Gasteiger partial charge on any atom is -0.508 e. The van der Waals surface area contributed by atoms with E-state index in [0.717, 1.165) is 0 Å². The number of aromatic nitrogens is 4. The second-order valence-electron chi connectivity index (χ2n) is 12.2. The number of carboxylic acids is 1. The zero-order valence-electron chi connectivity index (χ0n) is 27.5. The van der Waals surface area contributed by atoms with Gasteiger partial charge >= 0.3 is 13.8 Å². The van der Waals surface area contributed by atoms with Crippen LogP contribution in [-0.4, -0.2) is 88.0 Å². The van der Waals surface area contributed by atoms with Crippen LogP contribution in [0.15, 0.2) is 75.3 Å². The van der Waals surface area contributed by atoms with E-state index in [1.165, 1.54) is 53.0 Å². The number of thiocarbonyl (C=S) groups is 1. The van der Waals surface area contributed by atoms with E-state index < -0.39 is 38.3 Å². The quantitative estimate of drug-likeness (QED) is 0.0382. The number of carboxylic acid groups (broad SMARTS) is 1. The van der Waals surface area contributed by atoms with Gasteiger partial charge in [0.2, 0.25) is 0 Å². The summed E-state index contributed by atoms with van der Waals surface area (Å²) in [6.07, 6.45) is -3.22. The van der Waals surface area contributed by atoms with Gasteiger partial charge in [0, 0.05) is 46.6 Å². The van der Waals surface area contributed by atoms with Crippen LogP contribution in [-0.2, 0) is 18.3 Å². The van der Waals surface area contributed by atoms with Gasteiger partial charge in [-0.3, -0.25) is 18.4 Å². The van der Waals surface area contributed by atoms with Crippen molar-refractivity contribution >= 4 is 76.5 Å². The van der Waals surface area contributed by atoms with Crippen molar-refractivity contribution in [2.45, 2.75) is 29.7 Å². The van der Waals surface area contributed by atoms with Crippen LogP contribution in [0.3, 0.4) is 0 Å². The molecule has 0 amide bonds. The van der Waals surface area contributed by atoms with Crippen molar-refractivity contribution in [3.63, 3.8) is 0 Å². The summed E-state index contributed by atoms with van der Waals surface area (Å²) in [6, 6.07) is 13.4. The summed E-state index contributed by atoms with van der Waals surface area (Å²) in [4.78, 5) is 47.4. The number of phosphoric acid groups is 1. The number of aromatic hydroxyl groups is 1. The number of ether oxygens (including phenoxy) is 1. The number of nitrogen functional groups attached to an aromatic ring is 1. The number of imidazole rings is 1. The van der Waals surface area contributed by atoms with E-state index in [4.69, 9.17) is 36.2 Å². The molecule has 1 aliphatic carbocycles. The number of thioether (sulfide) groups is 1. The molecule has 3 aliphatic heterocycles. The number of nitrogens with one attached hydrogen (secondary N) is 2. The number of nitrogens with zero attached hydrogens (tertiary/aromatic N) is 4. The fraction of sp³-hybridized carbons (Fsp3) is 0.212. The van der Waals surface area contributed by atoms with Gasteiger partial charge in [-0.15, -0.1) is 0 Å². The van der Waals surface area contributed by atoms with Gasteiger partial charge < -0.3 is 45.7 Å². The van der Waals surface area contributed by atoms with Crippen LogP contribution in [0.2, 0.25) is 0 Å². The molecule has 54 heavy (non-hydrogen) atoms. The summed E-state index contributed by atoms with van der Waals surface area (Å²) in [5, 5.41) is 38.6. The van der Waals surface area contributed by atoms with E-state index in [2.05, 4.69) is 25.6 Å². The molecule has 5 heterocycles. The summed E-state index contributed by atoms with van der Waals surface area (Å²) in [7, 11) is -4.36. The first-order valence-corrected chi connectivity index (χ1v) is 19.0. The second kappa shape index (κ2) is 13.9. The third-order valence-electron chi connectivity index (χ3n) is 8.77. The average Bonchev–Trinajstić information content (AvgIpc) is 3.65. The number of phenolic OH excluding ortho intramolecular Hbond substituents is 1. The zero-order chi connectivity index (χ0) is 37.9. The number of nitrogens with two attached hydrogens (primary N) is 1. The minimum atomic E-state index is -4.36. The van der Waals surface area contributed by atoms with Crippen LogP contribution in [0, 0.1) is 0 Å². The molecule has 278 valence electrons. The SMILES string of the molecule is Nc1ncnc2c1nc(SCCNC(=S)Nc1ccc(-c3c4ccc(=O)cc-4oc4cc(O)ccc34)c(C(=O)O)c1)n2C1OC2COP(=O)(O)OC2C1O. The number of benzene rings is 3. The molecule has 4 aromatic rings. The number of aliphatic hydroxyl groups is 1. The number of fused-ring (bicyclic) bond motifs is 4. The first-order valence-electron chi connectivity index (χ1n) is 16.1. The Kier molecular flexibility index (Phi) is 9.23. The lowest BCUT2D eigenvalue weighted by Crippen LogP contribution is -2.39. The Morgan fingerprint density at radius 2 is 1.94 bits per heavy atom. The molecule has 18 nitrogen and oxygen atoms in total. The fourth-order valence-electron chi connectivity index (χ4n) is 6.43. The Balaban J connectivity index is 0.990. The van der Waals surface area contributed by atoms with Crippen molar-refractivity contribution in [1.29, 1.82) is 0 Å². The Labute approximate surface area is 312 Å². The van der Waals surface area contributed by atoms with Gasteiger partial charge in [-0.1, -0.05) is 17.8 Å². The van der Waals surface area contributed by atoms with Crippen LogP contribution in [0.5, 0.6) is 5.75 Å². The van der Waals surface area contributed by atoms with Crippen LogP contribution >= 0.6 is 31.8 Å². The number of rotatable bonds is 8. The predicted molar refractivity (Wildman–Crippen MR) is 198 cm³/mol.